The molecule has 1 saturated heterocycles. The minimum absolute atomic E-state index is 0.254. The summed E-state index contributed by atoms with van der Waals surface area (Å²) in [5.41, 5.74) is 2.63. The molecule has 10 nitrogen and oxygen atoms in total. The number of hydrogen-bond acceptors (Lipinski definition) is 8. The molecule has 1 aliphatic heterocycles. The summed E-state index contributed by atoms with van der Waals surface area (Å²) in [7, 11) is -2.33. The van der Waals surface area contributed by atoms with E-state index < -0.39 is 10.2 Å². The van der Waals surface area contributed by atoms with E-state index >= 15 is 0 Å². The lowest BCUT2D eigenvalue weighted by atomic mass is 9.90. The molecule has 0 radical (unpaired) electrons. The van der Waals surface area contributed by atoms with E-state index in [-0.39, 0.29) is 22.5 Å². The lowest BCUT2D eigenvalue weighted by Gasteiger charge is -2.24. The van der Waals surface area contributed by atoms with Crippen molar-refractivity contribution >= 4 is 50.6 Å². The maximum Gasteiger partial charge on any atom is 0.296 e. The Balaban J connectivity index is 1.56. The van der Waals surface area contributed by atoms with E-state index in [1.807, 2.05) is 12.1 Å². The summed E-state index contributed by atoms with van der Waals surface area (Å²) in [6.07, 6.45) is 3.63. The first-order chi connectivity index (χ1) is 16.3. The van der Waals surface area contributed by atoms with Crippen molar-refractivity contribution in [3.8, 4) is 5.75 Å². The Kier molecular flexibility index (Phi) is 7.37. The maximum absolute atomic E-state index is 11.5. The smallest absolute Gasteiger partial charge is 0.296 e. The van der Waals surface area contributed by atoms with Gasteiger partial charge in [0, 0.05) is 0 Å². The van der Waals surface area contributed by atoms with Crippen LogP contribution in [0.25, 0.3) is 0 Å². The number of halogens is 1. The Bertz CT molecular complexity index is 1270. The van der Waals surface area contributed by atoms with Crippen LogP contribution >= 0.6 is 11.6 Å². The number of hydrogen-bond donors (Lipinski definition) is 5. The van der Waals surface area contributed by atoms with Gasteiger partial charge in [-0.25, -0.2) is 10.1 Å². The van der Waals surface area contributed by atoms with Crippen molar-refractivity contribution < 1.29 is 13.2 Å². The third-order valence-electron chi connectivity index (χ3n) is 5.46. The SMILES string of the molecule is COc1cc(C2CCNCC2)ccc1Nc1ncc(Cl)c(Nc2ccccc2NS(N)(=O)=O)n1. The van der Waals surface area contributed by atoms with Crippen LogP contribution in [0.15, 0.2) is 48.7 Å². The number of ether oxygens (including phenoxy) is 1. The average molecular weight is 504 g/mol. The molecule has 1 aromatic heterocycles. The fourth-order valence-corrected chi connectivity index (χ4v) is 4.44. The highest BCUT2D eigenvalue weighted by Gasteiger charge is 2.18. The van der Waals surface area contributed by atoms with Crippen molar-refractivity contribution in [1.29, 1.82) is 0 Å². The largest absolute Gasteiger partial charge is 0.495 e. The molecule has 6 N–H and O–H groups in total. The third kappa shape index (κ3) is 6.06. The van der Waals surface area contributed by atoms with E-state index in [0.29, 0.717) is 23.0 Å². The zero-order chi connectivity index (χ0) is 24.1. The Labute approximate surface area is 203 Å². The van der Waals surface area contributed by atoms with Gasteiger partial charge in [-0.15, -0.1) is 0 Å². The van der Waals surface area contributed by atoms with Crippen LogP contribution in [-0.4, -0.2) is 38.6 Å². The van der Waals surface area contributed by atoms with Crippen molar-refractivity contribution in [3.05, 3.63) is 59.2 Å². The number of nitrogens with zero attached hydrogens (tertiary/aromatic N) is 2. The molecular formula is C22H26ClN7O3S. The number of anilines is 5. The topological polar surface area (TPSA) is 143 Å². The van der Waals surface area contributed by atoms with Crippen molar-refractivity contribution in [2.24, 2.45) is 5.14 Å². The second kappa shape index (κ2) is 10.4. The average Bonchev–Trinajstić information content (AvgIpc) is 2.82. The third-order valence-corrected chi connectivity index (χ3v) is 6.24. The molecule has 3 aromatic rings. The molecule has 180 valence electrons. The van der Waals surface area contributed by atoms with E-state index in [4.69, 9.17) is 21.5 Å². The summed E-state index contributed by atoms with van der Waals surface area (Å²) >= 11 is 6.29. The summed E-state index contributed by atoms with van der Waals surface area (Å²) in [6.45, 7) is 2.02. The minimum atomic E-state index is -3.96. The summed E-state index contributed by atoms with van der Waals surface area (Å²) in [5, 5.41) is 14.9. The summed E-state index contributed by atoms with van der Waals surface area (Å²) in [5.74, 6) is 1.76. The molecule has 0 unspecified atom stereocenters. The van der Waals surface area contributed by atoms with Gasteiger partial charge in [0.2, 0.25) is 5.95 Å². The van der Waals surface area contributed by atoms with Crippen LogP contribution in [0, 0.1) is 0 Å². The molecule has 2 heterocycles. The molecule has 0 aliphatic carbocycles. The van der Waals surface area contributed by atoms with Crippen LogP contribution in [0.2, 0.25) is 5.02 Å². The Hall–Kier alpha value is -3.12. The van der Waals surface area contributed by atoms with E-state index in [0.717, 1.165) is 25.9 Å². The van der Waals surface area contributed by atoms with Gasteiger partial charge < -0.3 is 20.7 Å². The Morgan fingerprint density at radius 2 is 1.82 bits per heavy atom. The predicted octanol–water partition coefficient (Wildman–Crippen LogP) is 3.71. The van der Waals surface area contributed by atoms with E-state index in [2.05, 4.69) is 36.7 Å². The zero-order valence-corrected chi connectivity index (χ0v) is 20.1. The fraction of sp³-hybridized carbons (Fsp3) is 0.273. The second-order valence-electron chi connectivity index (χ2n) is 7.82. The number of nitrogens with two attached hydrogens (primary N) is 1. The standard InChI is InChI=1S/C22H26ClN7O3S/c1-33-20-12-15(14-8-10-25-11-9-14)6-7-19(20)28-22-26-13-16(23)21(29-22)27-17-4-2-3-5-18(17)30-34(24,31)32/h2-7,12-14,25,30H,8-11H2,1H3,(H2,24,31,32)(H2,26,27,28,29). The van der Waals surface area contributed by atoms with Gasteiger partial charge in [-0.3, -0.25) is 4.72 Å². The quantitative estimate of drug-likeness (QED) is 0.313. The summed E-state index contributed by atoms with van der Waals surface area (Å²) in [4.78, 5) is 8.71. The van der Waals surface area contributed by atoms with Gasteiger partial charge in [0.15, 0.2) is 5.82 Å². The van der Waals surface area contributed by atoms with E-state index in [1.165, 1.54) is 11.8 Å². The number of methoxy groups -OCH3 is 1. The second-order valence-corrected chi connectivity index (χ2v) is 9.52. The minimum Gasteiger partial charge on any atom is -0.495 e. The van der Waals surface area contributed by atoms with Crippen LogP contribution in [0.4, 0.5) is 28.8 Å². The van der Waals surface area contributed by atoms with E-state index in [1.54, 1.807) is 31.4 Å². The molecule has 0 spiro atoms. The summed E-state index contributed by atoms with van der Waals surface area (Å²) in [6, 6.07) is 12.7. The number of rotatable bonds is 8. The number of benzene rings is 2. The monoisotopic (exact) mass is 503 g/mol. The lowest BCUT2D eigenvalue weighted by molar-refractivity contribution is 0.413. The lowest BCUT2D eigenvalue weighted by Crippen LogP contribution is -2.26. The maximum atomic E-state index is 11.5. The number of aromatic nitrogens is 2. The van der Waals surface area contributed by atoms with Gasteiger partial charge in [-0.05, 0) is 61.7 Å². The molecular weight excluding hydrogens is 478 g/mol. The number of para-hydroxylation sites is 2. The Morgan fingerprint density at radius 1 is 1.09 bits per heavy atom. The van der Waals surface area contributed by atoms with Crippen molar-refractivity contribution in [2.75, 3.05) is 35.6 Å². The van der Waals surface area contributed by atoms with Crippen LogP contribution in [-0.2, 0) is 10.2 Å². The van der Waals surface area contributed by atoms with Gasteiger partial charge in [-0.2, -0.15) is 13.4 Å². The van der Waals surface area contributed by atoms with Crippen molar-refractivity contribution in [1.82, 2.24) is 15.3 Å². The molecule has 0 amide bonds. The van der Waals surface area contributed by atoms with Crippen molar-refractivity contribution in [2.45, 2.75) is 18.8 Å². The van der Waals surface area contributed by atoms with E-state index in [9.17, 15) is 8.42 Å². The fourth-order valence-electron chi connectivity index (χ4n) is 3.82. The highest BCUT2D eigenvalue weighted by Crippen LogP contribution is 2.34. The predicted molar refractivity (Wildman–Crippen MR) is 135 cm³/mol. The van der Waals surface area contributed by atoms with Gasteiger partial charge in [0.1, 0.15) is 10.8 Å². The van der Waals surface area contributed by atoms with Crippen molar-refractivity contribution in [3.63, 3.8) is 0 Å². The first-order valence-corrected chi connectivity index (χ1v) is 12.6. The number of piperidine rings is 1. The highest BCUT2D eigenvalue weighted by molar-refractivity contribution is 7.90. The first kappa shape index (κ1) is 24.0. The van der Waals surface area contributed by atoms with Crippen LogP contribution in [0.3, 0.4) is 0 Å². The molecule has 1 aliphatic rings. The molecule has 2 aromatic carbocycles. The number of nitrogens with one attached hydrogen (secondary N) is 4. The van der Waals surface area contributed by atoms with Gasteiger partial charge >= 0.3 is 0 Å². The van der Waals surface area contributed by atoms with Gasteiger partial charge in [-0.1, -0.05) is 29.8 Å². The molecule has 34 heavy (non-hydrogen) atoms. The highest BCUT2D eigenvalue weighted by atomic mass is 35.5. The molecule has 0 bridgehead atoms. The zero-order valence-electron chi connectivity index (χ0n) is 18.5. The van der Waals surface area contributed by atoms with Crippen LogP contribution in [0.1, 0.15) is 24.3 Å². The van der Waals surface area contributed by atoms with Crippen LogP contribution in [0.5, 0.6) is 5.75 Å². The molecule has 4 rings (SSSR count). The molecule has 0 atom stereocenters. The first-order valence-electron chi connectivity index (χ1n) is 10.7. The molecule has 1 fully saturated rings. The van der Waals surface area contributed by atoms with Gasteiger partial charge in [0.05, 0.1) is 30.4 Å². The van der Waals surface area contributed by atoms with Gasteiger partial charge in [0.25, 0.3) is 10.2 Å². The normalized spacial score (nSPS) is 14.4. The van der Waals surface area contributed by atoms with Crippen LogP contribution < -0.4 is 30.5 Å². The Morgan fingerprint density at radius 3 is 2.53 bits per heavy atom. The summed E-state index contributed by atoms with van der Waals surface area (Å²) < 4.78 is 30.8. The molecule has 12 heteroatoms. The molecule has 0 saturated carbocycles.